The van der Waals surface area contributed by atoms with Crippen LogP contribution in [-0.2, 0) is 25.3 Å². The Morgan fingerprint density at radius 3 is 2.07 bits per heavy atom. The number of ether oxygens (including phenoxy) is 1. The molecule has 3 N–H and O–H groups in total. The second-order valence-corrected chi connectivity index (χ2v) is 13.5. The quantitative estimate of drug-likeness (QED) is 0.267. The highest BCUT2D eigenvalue weighted by Gasteiger charge is 2.60. The highest BCUT2D eigenvalue weighted by atomic mass is 32.2. The number of anilines is 2. The Bertz CT molecular complexity index is 1730. The van der Waals surface area contributed by atoms with Gasteiger partial charge in [0.05, 0.1) is 6.42 Å². The topological polar surface area (TPSA) is 149 Å². The Labute approximate surface area is 269 Å². The summed E-state index contributed by atoms with van der Waals surface area (Å²) in [6.07, 6.45) is 0.651. The number of nitrogens with zero attached hydrogens (tertiary/aromatic N) is 3. The van der Waals surface area contributed by atoms with E-state index in [4.69, 9.17) is 4.74 Å². The van der Waals surface area contributed by atoms with Gasteiger partial charge in [-0.15, -0.1) is 0 Å². The monoisotopic (exact) mass is 649 g/mol. The molecule has 13 heteroatoms. The summed E-state index contributed by atoms with van der Waals surface area (Å²) < 4.78 is 38.5. The van der Waals surface area contributed by atoms with Crippen molar-refractivity contribution >= 4 is 39.4 Å². The summed E-state index contributed by atoms with van der Waals surface area (Å²) in [6, 6.07) is 17.2. The Morgan fingerprint density at radius 2 is 1.52 bits per heavy atom. The number of fused-ring (bicyclic) bond motifs is 6. The number of nitrogens with one attached hydrogen (secondary N) is 2. The maximum atomic E-state index is 14.3. The molecule has 0 aromatic heterocycles. The maximum absolute atomic E-state index is 14.3. The predicted octanol–water partition coefficient (Wildman–Crippen LogP) is 3.66. The van der Waals surface area contributed by atoms with Gasteiger partial charge < -0.3 is 25.0 Å². The molecule has 1 spiro atoms. The molecule has 2 amide bonds. The standard InChI is InChI=1S/C33H39N5O7S/c1-6-9-21(18-31(40)41)35-30(39)16-17-34-46(43,44)38-32(42)24-10-7-8-11-25(24)33(38)26-14-12-22(36(2)3)19-28(26)45-29-20-23(37(4)5)13-15-27(29)33/h7-8,10-15,19-21,34H,6,9,16-18H2,1-5H3,(H,35,39)(H,40,41). The van der Waals surface area contributed by atoms with Crippen LogP contribution in [0.25, 0.3) is 0 Å². The van der Waals surface area contributed by atoms with Gasteiger partial charge >= 0.3 is 16.2 Å². The van der Waals surface area contributed by atoms with Gasteiger partial charge in [0.15, 0.2) is 0 Å². The van der Waals surface area contributed by atoms with E-state index in [1.807, 2.05) is 69.2 Å². The Kier molecular flexibility index (Phi) is 9.00. The summed E-state index contributed by atoms with van der Waals surface area (Å²) in [4.78, 5) is 41.9. The minimum Gasteiger partial charge on any atom is -0.481 e. The van der Waals surface area contributed by atoms with Gasteiger partial charge in [-0.05, 0) is 24.6 Å². The number of carbonyl (C=O) groups is 3. The Morgan fingerprint density at radius 1 is 0.935 bits per heavy atom. The number of hydrogen-bond donors (Lipinski definition) is 3. The lowest BCUT2D eigenvalue weighted by atomic mass is 9.75. The van der Waals surface area contributed by atoms with E-state index in [0.717, 1.165) is 15.7 Å². The minimum absolute atomic E-state index is 0.230. The molecule has 46 heavy (non-hydrogen) atoms. The first-order valence-electron chi connectivity index (χ1n) is 15.1. The molecule has 0 saturated carbocycles. The molecule has 0 aliphatic carbocycles. The summed E-state index contributed by atoms with van der Waals surface area (Å²) in [7, 11) is 2.95. The lowest BCUT2D eigenvalue weighted by molar-refractivity contribution is -0.137. The van der Waals surface area contributed by atoms with Crippen molar-refractivity contribution in [1.29, 1.82) is 0 Å². The van der Waals surface area contributed by atoms with Gasteiger partial charge in [0.1, 0.15) is 17.0 Å². The second kappa shape index (κ2) is 12.6. The fraction of sp³-hybridized carbons (Fsp3) is 0.364. The lowest BCUT2D eigenvalue weighted by Crippen LogP contribution is -2.54. The normalized spacial score (nSPS) is 15.0. The smallest absolute Gasteiger partial charge is 0.305 e. The number of aliphatic carboxylic acids is 1. The van der Waals surface area contributed by atoms with Crippen LogP contribution in [0.1, 0.15) is 59.7 Å². The first-order chi connectivity index (χ1) is 21.8. The van der Waals surface area contributed by atoms with Crippen molar-refractivity contribution in [3.63, 3.8) is 0 Å². The van der Waals surface area contributed by atoms with E-state index in [1.165, 1.54) is 0 Å². The molecule has 2 heterocycles. The van der Waals surface area contributed by atoms with Crippen LogP contribution in [0, 0.1) is 0 Å². The van der Waals surface area contributed by atoms with E-state index in [9.17, 15) is 27.9 Å². The fourth-order valence-electron chi connectivity index (χ4n) is 6.21. The Hall–Kier alpha value is -4.62. The van der Waals surface area contributed by atoms with Crippen molar-refractivity contribution in [2.24, 2.45) is 0 Å². The first-order valence-corrected chi connectivity index (χ1v) is 16.5. The van der Waals surface area contributed by atoms with Crippen molar-refractivity contribution in [2.75, 3.05) is 44.5 Å². The average molecular weight is 650 g/mol. The molecule has 1 atom stereocenters. The van der Waals surface area contributed by atoms with Crippen molar-refractivity contribution < 1.29 is 32.6 Å². The molecule has 0 fully saturated rings. The zero-order chi connectivity index (χ0) is 33.4. The number of rotatable bonds is 12. The van der Waals surface area contributed by atoms with Gasteiger partial charge in [0, 0.05) is 93.0 Å². The number of carbonyl (C=O) groups excluding carboxylic acids is 2. The second-order valence-electron chi connectivity index (χ2n) is 11.9. The predicted molar refractivity (Wildman–Crippen MR) is 175 cm³/mol. The van der Waals surface area contributed by atoms with Gasteiger partial charge in [-0.25, -0.2) is 4.31 Å². The van der Waals surface area contributed by atoms with Gasteiger partial charge in [0.25, 0.3) is 5.91 Å². The van der Waals surface area contributed by atoms with Crippen LogP contribution in [0.4, 0.5) is 11.4 Å². The van der Waals surface area contributed by atoms with Gasteiger partial charge in [-0.3, -0.25) is 14.4 Å². The van der Waals surface area contributed by atoms with E-state index >= 15 is 0 Å². The fourth-order valence-corrected chi connectivity index (χ4v) is 7.67. The molecule has 0 bridgehead atoms. The zero-order valence-corrected chi connectivity index (χ0v) is 27.3. The third-order valence-corrected chi connectivity index (χ3v) is 9.79. The van der Waals surface area contributed by atoms with E-state index < -0.39 is 39.6 Å². The molecular weight excluding hydrogens is 610 g/mol. The van der Waals surface area contributed by atoms with E-state index in [0.29, 0.717) is 41.0 Å². The number of benzene rings is 3. The van der Waals surface area contributed by atoms with Crippen LogP contribution < -0.4 is 24.6 Å². The summed E-state index contributed by atoms with van der Waals surface area (Å²) in [5.41, 5.74) is 1.69. The number of amides is 2. The van der Waals surface area contributed by atoms with Gasteiger partial charge in [-0.1, -0.05) is 43.7 Å². The van der Waals surface area contributed by atoms with Gasteiger partial charge in [0.2, 0.25) is 5.91 Å². The van der Waals surface area contributed by atoms with Crippen LogP contribution in [0.5, 0.6) is 11.5 Å². The molecule has 3 aromatic rings. The molecule has 0 saturated heterocycles. The van der Waals surface area contributed by atoms with Crippen LogP contribution in [0.2, 0.25) is 0 Å². The number of hydrogen-bond acceptors (Lipinski definition) is 8. The number of carboxylic acids is 1. The third kappa shape index (κ3) is 5.76. The molecule has 0 radical (unpaired) electrons. The molecule has 2 aliphatic rings. The van der Waals surface area contributed by atoms with Crippen LogP contribution in [0.15, 0.2) is 60.7 Å². The Balaban J connectivity index is 1.59. The van der Waals surface area contributed by atoms with E-state index in [1.54, 1.807) is 36.4 Å². The summed E-state index contributed by atoms with van der Waals surface area (Å²) >= 11 is 0. The SMILES string of the molecule is CCCC(CC(=O)O)NC(=O)CCNS(=O)(=O)N1C(=O)c2ccccc2C12c1ccc(N(C)C)cc1Oc1cc(N(C)C)ccc12. The van der Waals surface area contributed by atoms with Crippen molar-refractivity contribution in [3.8, 4) is 11.5 Å². The van der Waals surface area contributed by atoms with Crippen LogP contribution in [0.3, 0.4) is 0 Å². The van der Waals surface area contributed by atoms with Crippen LogP contribution >= 0.6 is 0 Å². The summed E-state index contributed by atoms with van der Waals surface area (Å²) in [5.74, 6) is -1.45. The van der Waals surface area contributed by atoms with Gasteiger partial charge in [-0.2, -0.15) is 13.1 Å². The average Bonchev–Trinajstić information content (AvgIpc) is 3.25. The van der Waals surface area contributed by atoms with Crippen molar-refractivity contribution in [3.05, 3.63) is 82.9 Å². The first kappa shape index (κ1) is 32.8. The lowest BCUT2D eigenvalue weighted by Gasteiger charge is -2.43. The third-order valence-electron chi connectivity index (χ3n) is 8.30. The van der Waals surface area contributed by atoms with Crippen molar-refractivity contribution in [1.82, 2.24) is 14.3 Å². The molecule has 1 unspecified atom stereocenters. The number of carboxylic acid groups (broad SMARTS) is 1. The molecule has 244 valence electrons. The van der Waals surface area contributed by atoms with E-state index in [2.05, 4.69) is 10.0 Å². The summed E-state index contributed by atoms with van der Waals surface area (Å²) in [6.45, 7) is 1.57. The zero-order valence-electron chi connectivity index (χ0n) is 26.5. The van der Waals surface area contributed by atoms with Crippen molar-refractivity contribution in [2.45, 2.75) is 44.2 Å². The molecule has 3 aromatic carbocycles. The van der Waals surface area contributed by atoms with Crippen LogP contribution in [-0.4, -0.2) is 76.4 Å². The molecule has 5 rings (SSSR count). The highest BCUT2D eigenvalue weighted by Crippen LogP contribution is 2.58. The molecule has 2 aliphatic heterocycles. The van der Waals surface area contributed by atoms with E-state index in [-0.39, 0.29) is 24.9 Å². The minimum atomic E-state index is -4.59. The highest BCUT2D eigenvalue weighted by molar-refractivity contribution is 7.87. The molecule has 12 nitrogen and oxygen atoms in total. The largest absolute Gasteiger partial charge is 0.481 e. The molecular formula is C33H39N5O7S. The maximum Gasteiger partial charge on any atom is 0.305 e. The summed E-state index contributed by atoms with van der Waals surface area (Å²) in [5, 5.41) is 11.9.